The molecule has 4 heteroatoms. The van der Waals surface area contributed by atoms with Crippen LogP contribution in [0.15, 0.2) is 9.36 Å². The minimum absolute atomic E-state index is 0.617. The summed E-state index contributed by atoms with van der Waals surface area (Å²) in [5, 5.41) is 3.65. The van der Waals surface area contributed by atoms with Gasteiger partial charge in [0.2, 0.25) is 0 Å². The number of rotatable bonds is 2. The first kappa shape index (κ1) is 6.88. The minimum atomic E-state index is 0.617. The van der Waals surface area contributed by atoms with E-state index in [0.29, 0.717) is 6.04 Å². The molecule has 4 nitrogen and oxygen atoms in total. The monoisotopic (exact) mass is 158 g/mol. The Morgan fingerprint density at radius 1 is 1.36 bits per heavy atom. The molecule has 1 aromatic heterocycles. The van der Waals surface area contributed by atoms with Gasteiger partial charge >= 0.3 is 0 Å². The molecule has 1 aliphatic heterocycles. The second-order valence-electron chi connectivity index (χ2n) is 3.11. The molecule has 1 fully saturated rings. The Bertz CT molecular complexity index is 193. The first-order valence-corrected chi connectivity index (χ1v) is 4.33. The lowest BCUT2D eigenvalue weighted by molar-refractivity contribution is 0.264. The van der Waals surface area contributed by atoms with E-state index in [1.54, 1.807) is 0 Å². The highest BCUT2D eigenvalue weighted by molar-refractivity contribution is 4.90. The van der Waals surface area contributed by atoms with E-state index in [2.05, 4.69) is 21.3 Å². The summed E-state index contributed by atoms with van der Waals surface area (Å²) < 4.78 is 9.28. The highest BCUT2D eigenvalue weighted by atomic mass is 17.3. The predicted molar refractivity (Wildman–Crippen MR) is 40.0 cm³/mol. The van der Waals surface area contributed by atoms with Gasteiger partial charge < -0.3 is 0 Å². The van der Waals surface area contributed by atoms with Crippen LogP contribution >= 0.6 is 0 Å². The van der Waals surface area contributed by atoms with Crippen molar-refractivity contribution in [2.75, 3.05) is 11.6 Å². The third-order valence-corrected chi connectivity index (χ3v) is 2.42. The topological polar surface area (TPSA) is 34.5 Å². The molecule has 0 N–H and O–H groups in total. The van der Waals surface area contributed by atoms with Crippen LogP contribution in [0, 0.1) is 0 Å². The zero-order valence-corrected chi connectivity index (χ0v) is 6.82. The van der Waals surface area contributed by atoms with Gasteiger partial charge in [0.25, 0.3) is 0 Å². The Balaban J connectivity index is 1.98. The number of nitrogens with zero attached hydrogens (tertiary/aromatic N) is 2. The van der Waals surface area contributed by atoms with Gasteiger partial charge in [-0.15, -0.1) is 9.36 Å². The van der Waals surface area contributed by atoms with Crippen molar-refractivity contribution >= 4 is 0 Å². The second kappa shape index (κ2) is 2.68. The van der Waals surface area contributed by atoms with Crippen molar-refractivity contribution in [2.45, 2.75) is 38.6 Å². The van der Waals surface area contributed by atoms with E-state index in [-0.39, 0.29) is 0 Å². The summed E-state index contributed by atoms with van der Waals surface area (Å²) in [6, 6.07) is 0.617. The molecule has 1 aliphatic rings. The molecule has 1 unspecified atom stereocenters. The van der Waals surface area contributed by atoms with Crippen LogP contribution < -0.4 is 5.01 Å². The molecule has 11 heavy (non-hydrogen) atoms. The van der Waals surface area contributed by atoms with E-state index < -0.39 is 0 Å². The van der Waals surface area contributed by atoms with Crippen LogP contribution in [-0.4, -0.2) is 17.6 Å². The lowest BCUT2D eigenvalue weighted by Crippen LogP contribution is -2.44. The van der Waals surface area contributed by atoms with Crippen LogP contribution in [-0.2, 0) is 0 Å². The Hall–Kier alpha value is -0.800. The van der Waals surface area contributed by atoms with E-state index in [4.69, 9.17) is 0 Å². The molecule has 0 spiro atoms. The molecule has 1 aromatic rings. The highest BCUT2D eigenvalue weighted by Gasteiger charge is 2.26. The number of piperidine rings is 1. The number of aromatic nitrogens is 1. The van der Waals surface area contributed by atoms with E-state index in [0.717, 1.165) is 6.54 Å². The first-order chi connectivity index (χ1) is 5.42. The molecular weight excluding hydrogens is 144 g/mol. The van der Waals surface area contributed by atoms with E-state index in [1.165, 1.54) is 30.7 Å². The fourth-order valence-corrected chi connectivity index (χ4v) is 1.72. The van der Waals surface area contributed by atoms with Crippen LogP contribution in [0.3, 0.4) is 0 Å². The van der Waals surface area contributed by atoms with Gasteiger partial charge in [-0.3, -0.25) is 0 Å². The number of hydrogen-bond donors (Lipinski definition) is 0. The van der Waals surface area contributed by atoms with Crippen molar-refractivity contribution in [1.82, 2.24) is 5.02 Å². The Morgan fingerprint density at radius 3 is 2.82 bits per heavy atom. The Labute approximate surface area is 65.5 Å². The van der Waals surface area contributed by atoms with Crippen molar-refractivity contribution in [1.29, 1.82) is 0 Å². The summed E-state index contributed by atoms with van der Waals surface area (Å²) in [4.78, 5) is 0. The molecule has 0 aromatic carbocycles. The van der Waals surface area contributed by atoms with Crippen LogP contribution in [0.5, 0.6) is 0 Å². The van der Waals surface area contributed by atoms with Gasteiger partial charge in [0.05, 0.1) is 6.04 Å². The molecule has 64 valence electrons. The molecule has 0 radical (unpaired) electrons. The molecule has 0 amide bonds. The maximum Gasteiger partial charge on any atom is 0.127 e. The van der Waals surface area contributed by atoms with Gasteiger partial charge in [-0.25, -0.2) is 5.01 Å². The van der Waals surface area contributed by atoms with Crippen molar-refractivity contribution in [3.63, 3.8) is 0 Å². The largest absolute Gasteiger partial charge is 0.244 e. The predicted octanol–water partition coefficient (Wildman–Crippen LogP) is 1.57. The van der Waals surface area contributed by atoms with E-state index in [9.17, 15) is 0 Å². The van der Waals surface area contributed by atoms with Crippen molar-refractivity contribution in [3.05, 3.63) is 0 Å². The molecule has 0 saturated carbocycles. The maximum absolute atomic E-state index is 4.64. The van der Waals surface area contributed by atoms with Crippen LogP contribution in [0.2, 0.25) is 0 Å². The first-order valence-electron chi connectivity index (χ1n) is 4.33. The lowest BCUT2D eigenvalue weighted by Gasteiger charge is -2.29. The third kappa shape index (κ3) is 1.29. The van der Waals surface area contributed by atoms with Crippen LogP contribution in [0.25, 0.3) is 0 Å². The van der Waals surface area contributed by atoms with Crippen LogP contribution in [0.1, 0.15) is 32.6 Å². The smallest absolute Gasteiger partial charge is 0.127 e. The molecular formula is C7H14N2O2. The van der Waals surface area contributed by atoms with Crippen molar-refractivity contribution in [3.8, 4) is 0 Å². The fourth-order valence-electron chi connectivity index (χ4n) is 1.72. The Morgan fingerprint density at radius 2 is 2.18 bits per heavy atom. The summed E-state index contributed by atoms with van der Waals surface area (Å²) in [6.45, 7) is 3.27. The summed E-state index contributed by atoms with van der Waals surface area (Å²) >= 11 is 0. The average molecular weight is 158 g/mol. The summed E-state index contributed by atoms with van der Waals surface area (Å²) in [7, 11) is 0. The Kier molecular flexibility index (Phi) is 1.68. The van der Waals surface area contributed by atoms with Gasteiger partial charge in [-0.1, -0.05) is 6.92 Å². The molecule has 0 aliphatic carbocycles. The lowest BCUT2D eigenvalue weighted by atomic mass is 10.0. The standard InChI is InChI=1S/C7H14N2O2/c1-2-7-5-3-4-6-8(7)9-10-11-9/h7H,2-6H2,1H3. The molecule has 1 saturated heterocycles. The minimum Gasteiger partial charge on any atom is -0.244 e. The van der Waals surface area contributed by atoms with Crippen molar-refractivity contribution < 1.29 is 9.36 Å². The van der Waals surface area contributed by atoms with Crippen molar-refractivity contribution in [2.24, 2.45) is 0 Å². The van der Waals surface area contributed by atoms with E-state index >= 15 is 0 Å². The average Bonchev–Trinajstić information content (AvgIpc) is 2.87. The SMILES string of the molecule is CCC1CCCCN1n1oo1. The molecule has 1 atom stereocenters. The molecule has 2 rings (SSSR count). The quantitative estimate of drug-likeness (QED) is 0.613. The van der Waals surface area contributed by atoms with Gasteiger partial charge in [-0.05, 0) is 25.7 Å². The third-order valence-electron chi connectivity index (χ3n) is 2.42. The zero-order chi connectivity index (χ0) is 7.68. The second-order valence-corrected chi connectivity index (χ2v) is 3.11. The molecule has 0 bridgehead atoms. The van der Waals surface area contributed by atoms with Gasteiger partial charge in [-0.2, -0.15) is 0 Å². The normalized spacial score (nSPS) is 26.3. The van der Waals surface area contributed by atoms with Gasteiger partial charge in [0.1, 0.15) is 5.02 Å². The highest BCUT2D eigenvalue weighted by Crippen LogP contribution is 2.19. The summed E-state index contributed by atoms with van der Waals surface area (Å²) in [5.41, 5.74) is 0. The summed E-state index contributed by atoms with van der Waals surface area (Å²) in [5.74, 6) is 0. The van der Waals surface area contributed by atoms with Gasteiger partial charge in [0, 0.05) is 6.54 Å². The molecule has 2 heterocycles. The number of hydrogen-bond acceptors (Lipinski definition) is 3. The zero-order valence-electron chi connectivity index (χ0n) is 6.82. The summed E-state index contributed by atoms with van der Waals surface area (Å²) in [6.07, 6.45) is 5.02. The maximum atomic E-state index is 4.64. The van der Waals surface area contributed by atoms with Gasteiger partial charge in [0.15, 0.2) is 0 Å². The fraction of sp³-hybridized carbons (Fsp3) is 1.00. The van der Waals surface area contributed by atoms with E-state index in [1.807, 2.05) is 0 Å². The van der Waals surface area contributed by atoms with Crippen LogP contribution in [0.4, 0.5) is 0 Å².